The molecule has 1 aromatic rings. The van der Waals surface area contributed by atoms with Crippen molar-refractivity contribution in [3.05, 3.63) is 40.6 Å². The predicted molar refractivity (Wildman–Crippen MR) is 88.1 cm³/mol. The van der Waals surface area contributed by atoms with Crippen molar-refractivity contribution in [3.8, 4) is 0 Å². The molecule has 1 amide bonds. The molecule has 0 spiro atoms. The summed E-state index contributed by atoms with van der Waals surface area (Å²) < 4.78 is 4.28. The number of halogens is 1. The first-order chi connectivity index (χ1) is 10.5. The van der Waals surface area contributed by atoms with Crippen molar-refractivity contribution < 1.29 is 14.7 Å². The maximum absolute atomic E-state index is 12.1. The average molecular weight is 355 g/mol. The number of carboxylic acid groups (broad SMARTS) is 1. The van der Waals surface area contributed by atoms with E-state index < -0.39 is 11.9 Å². The van der Waals surface area contributed by atoms with Gasteiger partial charge in [0.25, 0.3) is 5.91 Å². The number of rotatable bonds is 3. The second-order valence-corrected chi connectivity index (χ2v) is 7.14. The summed E-state index contributed by atoms with van der Waals surface area (Å²) >= 11 is 8.52. The molecule has 8 heteroatoms. The molecule has 2 aliphatic rings. The molecule has 0 radical (unpaired) electrons. The van der Waals surface area contributed by atoms with Crippen LogP contribution in [0.3, 0.4) is 0 Å². The van der Waals surface area contributed by atoms with E-state index in [1.54, 1.807) is 0 Å². The zero-order valence-corrected chi connectivity index (χ0v) is 13.8. The van der Waals surface area contributed by atoms with Crippen molar-refractivity contribution in [2.24, 2.45) is 4.40 Å². The van der Waals surface area contributed by atoms with E-state index in [4.69, 9.17) is 11.6 Å². The van der Waals surface area contributed by atoms with Crippen molar-refractivity contribution >= 4 is 52.9 Å². The minimum absolute atomic E-state index is 0.130. The van der Waals surface area contributed by atoms with Gasteiger partial charge in [0.15, 0.2) is 0 Å². The summed E-state index contributed by atoms with van der Waals surface area (Å²) in [6, 6.07) is 7.80. The van der Waals surface area contributed by atoms with E-state index in [-0.39, 0.29) is 16.1 Å². The summed E-state index contributed by atoms with van der Waals surface area (Å²) in [5.41, 5.74) is 1.39. The topological polar surface area (TPSA) is 70.0 Å². The number of aryl methyl sites for hydroxylation is 1. The van der Waals surface area contributed by atoms with Gasteiger partial charge in [-0.3, -0.25) is 9.69 Å². The fraction of sp³-hybridized carbons (Fsp3) is 0.214. The number of thioether (sulfide) groups is 1. The zero-order chi connectivity index (χ0) is 15.9. The summed E-state index contributed by atoms with van der Waals surface area (Å²) in [7, 11) is 0. The highest BCUT2D eigenvalue weighted by atomic mass is 35.5. The van der Waals surface area contributed by atoms with Gasteiger partial charge in [-0.15, -0.1) is 11.8 Å². The summed E-state index contributed by atoms with van der Waals surface area (Å²) in [6.45, 7) is 2.00. The smallest absolute Gasteiger partial charge is 0.353 e. The second kappa shape index (κ2) is 5.98. The molecule has 1 unspecified atom stereocenters. The molecule has 2 aliphatic heterocycles. The van der Waals surface area contributed by atoms with Gasteiger partial charge in [-0.1, -0.05) is 29.3 Å². The van der Waals surface area contributed by atoms with Gasteiger partial charge in [-0.25, -0.2) is 9.19 Å². The molecule has 1 saturated heterocycles. The maximum Gasteiger partial charge on any atom is 0.353 e. The lowest BCUT2D eigenvalue weighted by molar-refractivity contribution is -0.139. The maximum atomic E-state index is 12.1. The van der Waals surface area contributed by atoms with Gasteiger partial charge in [0.05, 0.1) is 5.03 Å². The number of carbonyl (C=O) groups excluding carboxylic acids is 1. The quantitative estimate of drug-likeness (QED) is 0.667. The van der Waals surface area contributed by atoms with Crippen LogP contribution in [-0.2, 0) is 9.59 Å². The lowest BCUT2D eigenvalue weighted by Crippen LogP contribution is -2.62. The Hall–Kier alpha value is -1.44. The van der Waals surface area contributed by atoms with Crippen molar-refractivity contribution in [3.63, 3.8) is 0 Å². The Labute approximate surface area is 140 Å². The minimum Gasteiger partial charge on any atom is -0.477 e. The van der Waals surface area contributed by atoms with Crippen molar-refractivity contribution in [1.82, 2.24) is 4.90 Å². The Bertz CT molecular complexity index is 715. The Morgan fingerprint density at radius 3 is 2.77 bits per heavy atom. The van der Waals surface area contributed by atoms with Gasteiger partial charge in [0.1, 0.15) is 16.8 Å². The van der Waals surface area contributed by atoms with Crippen LogP contribution in [-0.4, -0.2) is 38.7 Å². The summed E-state index contributed by atoms with van der Waals surface area (Å²) in [5.74, 6) is -1.22. The lowest BCUT2D eigenvalue weighted by atomic mass is 10.1. The van der Waals surface area contributed by atoms with E-state index in [0.717, 1.165) is 10.5 Å². The van der Waals surface area contributed by atoms with E-state index >= 15 is 0 Å². The highest BCUT2D eigenvalue weighted by Crippen LogP contribution is 2.40. The van der Waals surface area contributed by atoms with Gasteiger partial charge in [0.2, 0.25) is 0 Å². The predicted octanol–water partition coefficient (Wildman–Crippen LogP) is 2.89. The fourth-order valence-corrected chi connectivity index (χ4v) is 4.29. The molecule has 114 valence electrons. The normalized spacial score (nSPS) is 22.6. The van der Waals surface area contributed by atoms with Crippen molar-refractivity contribution in [2.45, 2.75) is 17.2 Å². The Balaban J connectivity index is 1.79. The number of carbonyl (C=O) groups is 2. The molecule has 1 fully saturated rings. The number of amides is 1. The number of fused-ring (bicyclic) bond motifs is 1. The molecular weight excluding hydrogens is 344 g/mol. The summed E-state index contributed by atoms with van der Waals surface area (Å²) in [6.07, 6.45) is 0. The van der Waals surface area contributed by atoms with Crippen LogP contribution in [0.15, 0.2) is 44.3 Å². The average Bonchev–Trinajstić information content (AvgIpc) is 2.49. The molecule has 1 atom stereocenters. The number of hydrogen-bond donors (Lipinski definition) is 1. The molecule has 0 aromatic heterocycles. The van der Waals surface area contributed by atoms with Crippen molar-refractivity contribution in [2.75, 3.05) is 5.75 Å². The van der Waals surface area contributed by atoms with E-state index in [2.05, 4.69) is 4.40 Å². The minimum atomic E-state index is -1.19. The molecule has 0 saturated carbocycles. The third-order valence-corrected chi connectivity index (χ3v) is 5.69. The van der Waals surface area contributed by atoms with Gasteiger partial charge in [-0.05, 0) is 19.1 Å². The largest absolute Gasteiger partial charge is 0.477 e. The third-order valence-electron chi connectivity index (χ3n) is 3.25. The molecule has 0 aliphatic carbocycles. The molecule has 22 heavy (non-hydrogen) atoms. The zero-order valence-electron chi connectivity index (χ0n) is 11.4. The lowest BCUT2D eigenvalue weighted by Gasteiger charge is -2.43. The van der Waals surface area contributed by atoms with E-state index in [9.17, 15) is 14.7 Å². The first-order valence-electron chi connectivity index (χ1n) is 6.37. The molecule has 0 bridgehead atoms. The van der Waals surface area contributed by atoms with Crippen LogP contribution >= 0.6 is 35.3 Å². The van der Waals surface area contributed by atoms with Crippen LogP contribution in [0.4, 0.5) is 0 Å². The van der Waals surface area contributed by atoms with Crippen LogP contribution in [0.1, 0.15) is 5.56 Å². The molecule has 1 N–H and O–H groups in total. The first-order valence-corrected chi connectivity index (χ1v) is 8.57. The van der Waals surface area contributed by atoms with Crippen LogP contribution in [0.25, 0.3) is 0 Å². The Morgan fingerprint density at radius 2 is 2.14 bits per heavy atom. The molecule has 1 aromatic carbocycles. The van der Waals surface area contributed by atoms with Gasteiger partial charge in [0, 0.05) is 22.6 Å². The Kier molecular flexibility index (Phi) is 4.20. The number of aliphatic carboxylic acids is 1. The second-order valence-electron chi connectivity index (χ2n) is 4.78. The number of hydrogen-bond acceptors (Lipinski definition) is 5. The van der Waals surface area contributed by atoms with Crippen LogP contribution < -0.4 is 0 Å². The summed E-state index contributed by atoms with van der Waals surface area (Å²) in [5, 5.41) is 9.00. The van der Waals surface area contributed by atoms with E-state index in [1.807, 2.05) is 31.2 Å². The molecular formula is C14H11ClN2O3S2. The number of benzene rings is 1. The third kappa shape index (κ3) is 2.64. The van der Waals surface area contributed by atoms with E-state index in [0.29, 0.717) is 11.5 Å². The van der Waals surface area contributed by atoms with Crippen LogP contribution in [0.5, 0.6) is 0 Å². The van der Waals surface area contributed by atoms with Gasteiger partial charge >= 0.3 is 5.97 Å². The Morgan fingerprint density at radius 1 is 1.45 bits per heavy atom. The number of nitrogens with zero attached hydrogens (tertiary/aromatic N) is 2. The highest BCUT2D eigenvalue weighted by molar-refractivity contribution is 8.01. The van der Waals surface area contributed by atoms with Crippen LogP contribution in [0.2, 0.25) is 0 Å². The first kappa shape index (κ1) is 15.5. The summed E-state index contributed by atoms with van der Waals surface area (Å²) in [4.78, 5) is 25.5. The molecule has 5 nitrogen and oxygen atoms in total. The monoisotopic (exact) mass is 354 g/mol. The standard InChI is InChI=1S/C14H11ClN2O3S2/c1-7-2-4-8(5-3-7)22-16-10-12(18)17-11(14(19)20)9(15)6-21-13(10)17/h2-5,13H,6H2,1H3,(H,19,20). The SMILES string of the molecule is Cc1ccc(SN=C2C(=O)N3C(C(=O)O)=C(Cl)CSC23)cc1. The van der Waals surface area contributed by atoms with Gasteiger partial charge < -0.3 is 5.11 Å². The van der Waals surface area contributed by atoms with E-state index in [1.165, 1.54) is 28.6 Å². The number of β-lactam (4-membered cyclic amide) rings is 1. The number of carboxylic acids is 1. The fourth-order valence-electron chi connectivity index (χ4n) is 2.12. The highest BCUT2D eigenvalue weighted by Gasteiger charge is 2.51. The molecule has 2 heterocycles. The van der Waals surface area contributed by atoms with Crippen molar-refractivity contribution in [1.29, 1.82) is 0 Å². The van der Waals surface area contributed by atoms with Gasteiger partial charge in [-0.2, -0.15) is 0 Å². The molecule has 3 rings (SSSR count). The van der Waals surface area contributed by atoms with Crippen LogP contribution in [0, 0.1) is 6.92 Å².